The molecule has 4 rings (SSSR count). The van der Waals surface area contributed by atoms with Crippen molar-refractivity contribution in [1.82, 2.24) is 29.5 Å². The first kappa shape index (κ1) is 20.9. The number of nitrogens with one attached hydrogen (secondary N) is 1. The summed E-state index contributed by atoms with van der Waals surface area (Å²) in [5, 5.41) is 21.4. The van der Waals surface area contributed by atoms with Crippen LogP contribution in [0.15, 0.2) is 36.7 Å². The largest absolute Gasteiger partial charge is 0.325 e. The van der Waals surface area contributed by atoms with Gasteiger partial charge in [-0.25, -0.2) is 14.6 Å². The maximum Gasteiger partial charge on any atom is 0.163 e. The van der Waals surface area contributed by atoms with Crippen LogP contribution in [0, 0.1) is 32.1 Å². The average molecular weight is 426 g/mol. The molecule has 3 aromatic heterocycles. The van der Waals surface area contributed by atoms with Crippen molar-refractivity contribution in [1.29, 1.82) is 5.26 Å². The van der Waals surface area contributed by atoms with Crippen LogP contribution in [-0.4, -0.2) is 35.3 Å². The van der Waals surface area contributed by atoms with Crippen LogP contribution in [0.5, 0.6) is 0 Å². The van der Waals surface area contributed by atoms with Crippen LogP contribution in [0.25, 0.3) is 17.1 Å². The van der Waals surface area contributed by atoms with E-state index in [1.165, 1.54) is 13.3 Å². The quantitative estimate of drug-likeness (QED) is 0.483. The van der Waals surface area contributed by atoms with E-state index >= 15 is 0 Å². The number of Topliss-reactive ketones (excluding diaryl/α,β-unsaturated/α-hetero) is 1. The molecule has 0 aliphatic heterocycles. The summed E-state index contributed by atoms with van der Waals surface area (Å²) in [5.41, 5.74) is 5.30. The lowest BCUT2D eigenvalue weighted by atomic mass is 10.1. The SMILES string of the molecule is CC(=O)c1c(C)nn(-c2cc(Nc3c(C)c(-c4ccc(C#N)cc4)nn3C)ncn2)c1C. The number of ketones is 1. The van der Waals surface area contributed by atoms with Gasteiger partial charge in [0.25, 0.3) is 0 Å². The highest BCUT2D eigenvalue weighted by Gasteiger charge is 2.18. The van der Waals surface area contributed by atoms with Gasteiger partial charge in [-0.1, -0.05) is 12.1 Å². The zero-order valence-electron chi connectivity index (χ0n) is 18.5. The number of aryl methyl sites for hydroxylation is 2. The van der Waals surface area contributed by atoms with Crippen LogP contribution in [-0.2, 0) is 7.05 Å². The van der Waals surface area contributed by atoms with Crippen molar-refractivity contribution in [3.05, 3.63) is 64.7 Å². The van der Waals surface area contributed by atoms with E-state index in [1.807, 2.05) is 40.0 Å². The smallest absolute Gasteiger partial charge is 0.163 e. The fourth-order valence-corrected chi connectivity index (χ4v) is 3.81. The Morgan fingerprint density at radius 1 is 1.09 bits per heavy atom. The summed E-state index contributed by atoms with van der Waals surface area (Å²) in [6.07, 6.45) is 1.45. The van der Waals surface area contributed by atoms with Crippen molar-refractivity contribution >= 4 is 17.4 Å². The van der Waals surface area contributed by atoms with Gasteiger partial charge in [0.2, 0.25) is 0 Å². The Labute approximate surface area is 185 Å². The van der Waals surface area contributed by atoms with Crippen molar-refractivity contribution in [2.24, 2.45) is 7.05 Å². The first-order valence-electron chi connectivity index (χ1n) is 10.0. The molecule has 0 aliphatic rings. The van der Waals surface area contributed by atoms with Gasteiger partial charge in [0.15, 0.2) is 11.6 Å². The third kappa shape index (κ3) is 3.63. The van der Waals surface area contributed by atoms with Crippen LogP contribution in [0.2, 0.25) is 0 Å². The molecule has 4 aromatic rings. The third-order valence-corrected chi connectivity index (χ3v) is 5.33. The minimum Gasteiger partial charge on any atom is -0.325 e. The van der Waals surface area contributed by atoms with Crippen LogP contribution >= 0.6 is 0 Å². The Hall–Kier alpha value is -4.32. The summed E-state index contributed by atoms with van der Waals surface area (Å²) in [5.74, 6) is 1.89. The van der Waals surface area contributed by atoms with E-state index in [0.717, 1.165) is 28.3 Å². The Kier molecular flexibility index (Phi) is 5.28. The van der Waals surface area contributed by atoms with Gasteiger partial charge in [-0.3, -0.25) is 9.48 Å². The second-order valence-electron chi connectivity index (χ2n) is 7.54. The fraction of sp³-hybridized carbons (Fsp3) is 0.217. The number of carbonyl (C=O) groups is 1. The third-order valence-electron chi connectivity index (χ3n) is 5.33. The van der Waals surface area contributed by atoms with E-state index in [4.69, 9.17) is 5.26 Å². The van der Waals surface area contributed by atoms with Gasteiger partial charge in [0, 0.05) is 24.2 Å². The molecule has 0 atom stereocenters. The highest BCUT2D eigenvalue weighted by Crippen LogP contribution is 2.29. The number of hydrogen-bond donors (Lipinski definition) is 1. The molecule has 160 valence electrons. The molecule has 3 heterocycles. The van der Waals surface area contributed by atoms with Gasteiger partial charge in [-0.15, -0.1) is 0 Å². The van der Waals surface area contributed by atoms with E-state index in [1.54, 1.807) is 27.6 Å². The number of rotatable bonds is 5. The summed E-state index contributed by atoms with van der Waals surface area (Å²) in [6, 6.07) is 11.2. The molecule has 9 heteroatoms. The van der Waals surface area contributed by atoms with Crippen LogP contribution < -0.4 is 5.32 Å². The zero-order chi connectivity index (χ0) is 23.0. The van der Waals surface area contributed by atoms with Gasteiger partial charge in [-0.05, 0) is 39.8 Å². The lowest BCUT2D eigenvalue weighted by Crippen LogP contribution is -2.06. The number of carbonyl (C=O) groups excluding carboxylic acids is 1. The summed E-state index contributed by atoms with van der Waals surface area (Å²) >= 11 is 0. The minimum absolute atomic E-state index is 0.0282. The maximum atomic E-state index is 11.9. The normalized spacial score (nSPS) is 10.8. The highest BCUT2D eigenvalue weighted by molar-refractivity contribution is 5.96. The van der Waals surface area contributed by atoms with Crippen LogP contribution in [0.3, 0.4) is 0 Å². The summed E-state index contributed by atoms with van der Waals surface area (Å²) in [6.45, 7) is 7.17. The lowest BCUT2D eigenvalue weighted by molar-refractivity contribution is 0.101. The molecule has 0 unspecified atom stereocenters. The monoisotopic (exact) mass is 426 g/mol. The molecule has 0 saturated carbocycles. The molecule has 0 aliphatic carbocycles. The lowest BCUT2D eigenvalue weighted by Gasteiger charge is -2.09. The molecule has 0 saturated heterocycles. The Morgan fingerprint density at radius 3 is 2.44 bits per heavy atom. The molecule has 0 radical (unpaired) electrons. The van der Waals surface area contributed by atoms with Gasteiger partial charge in [0.05, 0.1) is 34.3 Å². The van der Waals surface area contributed by atoms with Crippen molar-refractivity contribution in [3.8, 4) is 23.1 Å². The molecular formula is C23H22N8O. The first-order chi connectivity index (χ1) is 15.3. The van der Waals surface area contributed by atoms with Crippen molar-refractivity contribution in [3.63, 3.8) is 0 Å². The standard InChI is InChI=1S/C23H22N8O/c1-13-22(18-8-6-17(11-24)7-9-18)29-30(5)23(13)27-19-10-20(26-12-25-19)31-15(3)21(16(4)32)14(2)28-31/h6-10,12H,1-5H3,(H,25,26,27). The Bertz CT molecular complexity index is 1370. The molecule has 9 nitrogen and oxygen atoms in total. The summed E-state index contributed by atoms with van der Waals surface area (Å²) < 4.78 is 3.40. The molecular weight excluding hydrogens is 404 g/mol. The molecule has 1 N–H and O–H groups in total. The summed E-state index contributed by atoms with van der Waals surface area (Å²) in [7, 11) is 1.85. The molecule has 0 spiro atoms. The predicted octanol–water partition coefficient (Wildman–Crippen LogP) is 3.81. The first-order valence-corrected chi connectivity index (χ1v) is 10.0. The number of hydrogen-bond acceptors (Lipinski definition) is 7. The van der Waals surface area contributed by atoms with Crippen molar-refractivity contribution < 1.29 is 4.79 Å². The second kappa shape index (κ2) is 8.07. The topological polar surface area (TPSA) is 114 Å². The molecule has 32 heavy (non-hydrogen) atoms. The second-order valence-corrected chi connectivity index (χ2v) is 7.54. The van der Waals surface area contributed by atoms with Gasteiger partial charge >= 0.3 is 0 Å². The number of nitriles is 1. The molecule has 1 aromatic carbocycles. The van der Waals surface area contributed by atoms with Crippen LogP contribution in [0.1, 0.15) is 39.8 Å². The minimum atomic E-state index is -0.0282. The number of anilines is 2. The molecule has 0 fully saturated rings. The zero-order valence-corrected chi connectivity index (χ0v) is 18.5. The average Bonchev–Trinajstić information content (AvgIpc) is 3.23. The Balaban J connectivity index is 1.68. The van der Waals surface area contributed by atoms with Crippen LogP contribution in [0.4, 0.5) is 11.6 Å². The predicted molar refractivity (Wildman–Crippen MR) is 120 cm³/mol. The van der Waals surface area contributed by atoms with Crippen molar-refractivity contribution in [2.45, 2.75) is 27.7 Å². The fourth-order valence-electron chi connectivity index (χ4n) is 3.81. The van der Waals surface area contributed by atoms with E-state index in [2.05, 4.69) is 31.6 Å². The summed E-state index contributed by atoms with van der Waals surface area (Å²) in [4.78, 5) is 20.6. The highest BCUT2D eigenvalue weighted by atomic mass is 16.1. The van der Waals surface area contributed by atoms with Gasteiger partial charge in [0.1, 0.15) is 18.0 Å². The van der Waals surface area contributed by atoms with Gasteiger partial charge in [-0.2, -0.15) is 15.5 Å². The van der Waals surface area contributed by atoms with E-state index in [-0.39, 0.29) is 5.78 Å². The maximum absolute atomic E-state index is 11.9. The van der Waals surface area contributed by atoms with E-state index < -0.39 is 0 Å². The molecule has 0 bridgehead atoms. The van der Waals surface area contributed by atoms with Gasteiger partial charge < -0.3 is 5.32 Å². The number of aromatic nitrogens is 6. The molecule has 0 amide bonds. The number of nitrogens with zero attached hydrogens (tertiary/aromatic N) is 7. The van der Waals surface area contributed by atoms with E-state index in [9.17, 15) is 4.79 Å². The Morgan fingerprint density at radius 2 is 1.81 bits per heavy atom. The van der Waals surface area contributed by atoms with E-state index in [0.29, 0.717) is 28.5 Å². The van der Waals surface area contributed by atoms with Crippen molar-refractivity contribution in [2.75, 3.05) is 5.32 Å². The number of benzene rings is 1.